The summed E-state index contributed by atoms with van der Waals surface area (Å²) < 4.78 is 1.12. The van der Waals surface area contributed by atoms with Crippen LogP contribution in [0.1, 0.15) is 11.7 Å². The molecule has 0 aromatic heterocycles. The molecule has 0 saturated carbocycles. The normalized spacial score (nSPS) is 13.0. The summed E-state index contributed by atoms with van der Waals surface area (Å²) in [6.07, 6.45) is -0.744. The van der Waals surface area contributed by atoms with Crippen molar-refractivity contribution in [3.05, 3.63) is 33.4 Å². The molecule has 0 saturated heterocycles. The number of benzene rings is 1. The molecule has 0 spiro atoms. The van der Waals surface area contributed by atoms with Crippen molar-refractivity contribution < 1.29 is 10.2 Å². The van der Waals surface area contributed by atoms with Crippen LogP contribution in [-0.2, 0) is 0 Å². The average molecular weight is 264 g/mol. The molecule has 2 N–H and O–H groups in total. The molecule has 0 aliphatic rings. The molecule has 0 radical (unpaired) electrons. The van der Waals surface area contributed by atoms with Crippen molar-refractivity contribution in [2.45, 2.75) is 6.10 Å². The minimum absolute atomic E-state index is 0.222. The lowest BCUT2D eigenvalue weighted by Gasteiger charge is -2.06. The molecule has 0 unspecified atom stereocenters. The van der Waals surface area contributed by atoms with Gasteiger partial charge in [0.15, 0.2) is 0 Å². The van der Waals surface area contributed by atoms with Gasteiger partial charge in [0, 0.05) is 3.57 Å². The number of hydrogen-bond acceptors (Lipinski definition) is 2. The van der Waals surface area contributed by atoms with Crippen LogP contribution in [-0.4, -0.2) is 16.8 Å². The summed E-state index contributed by atoms with van der Waals surface area (Å²) in [6.45, 7) is -0.222. The fraction of sp³-hybridized carbons (Fsp3) is 0.250. The molecular formula is C8H9IO2. The molecule has 1 rings (SSSR count). The molecule has 2 nitrogen and oxygen atoms in total. The molecule has 0 fully saturated rings. The van der Waals surface area contributed by atoms with Crippen LogP contribution >= 0.6 is 22.6 Å². The predicted molar refractivity (Wildman–Crippen MR) is 51.2 cm³/mol. The smallest absolute Gasteiger partial charge is 0.102 e. The van der Waals surface area contributed by atoms with Crippen LogP contribution in [0, 0.1) is 3.57 Å². The van der Waals surface area contributed by atoms with Crippen LogP contribution < -0.4 is 0 Å². The summed E-state index contributed by atoms with van der Waals surface area (Å²) in [5, 5.41) is 17.8. The minimum atomic E-state index is -0.744. The van der Waals surface area contributed by atoms with Gasteiger partial charge < -0.3 is 10.2 Å². The molecule has 0 amide bonds. The van der Waals surface area contributed by atoms with Gasteiger partial charge in [-0.3, -0.25) is 0 Å². The summed E-state index contributed by atoms with van der Waals surface area (Å²) in [4.78, 5) is 0. The van der Waals surface area contributed by atoms with E-state index in [0.29, 0.717) is 0 Å². The van der Waals surface area contributed by atoms with Gasteiger partial charge in [-0.15, -0.1) is 0 Å². The average Bonchev–Trinajstić information content (AvgIpc) is 2.05. The van der Waals surface area contributed by atoms with E-state index >= 15 is 0 Å². The van der Waals surface area contributed by atoms with Gasteiger partial charge in [-0.25, -0.2) is 0 Å². The van der Waals surface area contributed by atoms with E-state index in [9.17, 15) is 0 Å². The van der Waals surface area contributed by atoms with Crippen LogP contribution in [0.25, 0.3) is 0 Å². The Bertz CT molecular complexity index is 220. The predicted octanol–water partition coefficient (Wildman–Crippen LogP) is 1.32. The van der Waals surface area contributed by atoms with Crippen molar-refractivity contribution in [1.82, 2.24) is 0 Å². The van der Waals surface area contributed by atoms with Crippen LogP contribution in [0.15, 0.2) is 24.3 Å². The highest BCUT2D eigenvalue weighted by Gasteiger charge is 2.03. The largest absolute Gasteiger partial charge is 0.393 e. The SMILES string of the molecule is OC[C@@H](O)c1ccc(I)cc1. The van der Waals surface area contributed by atoms with Crippen LogP contribution in [0.5, 0.6) is 0 Å². The second-order valence-electron chi connectivity index (χ2n) is 2.25. The lowest BCUT2D eigenvalue weighted by molar-refractivity contribution is 0.0956. The Balaban J connectivity index is 2.81. The maximum atomic E-state index is 9.17. The van der Waals surface area contributed by atoms with Crippen molar-refractivity contribution in [3.8, 4) is 0 Å². The summed E-state index contributed by atoms with van der Waals surface area (Å²) >= 11 is 2.19. The first-order valence-electron chi connectivity index (χ1n) is 3.28. The first-order valence-corrected chi connectivity index (χ1v) is 4.36. The number of aliphatic hydroxyl groups excluding tert-OH is 2. The van der Waals surface area contributed by atoms with Crippen LogP contribution in [0.4, 0.5) is 0 Å². The van der Waals surface area contributed by atoms with E-state index in [0.717, 1.165) is 9.13 Å². The van der Waals surface area contributed by atoms with E-state index in [2.05, 4.69) is 22.6 Å². The second kappa shape index (κ2) is 4.04. The first-order chi connectivity index (χ1) is 5.24. The number of aliphatic hydroxyl groups is 2. The van der Waals surface area contributed by atoms with E-state index in [1.54, 1.807) is 0 Å². The Morgan fingerprint density at radius 1 is 1.27 bits per heavy atom. The summed E-state index contributed by atoms with van der Waals surface area (Å²) in [5.74, 6) is 0. The van der Waals surface area contributed by atoms with Gasteiger partial charge in [-0.05, 0) is 40.3 Å². The fourth-order valence-corrected chi connectivity index (χ4v) is 1.15. The van der Waals surface area contributed by atoms with Gasteiger partial charge in [0.05, 0.1) is 6.61 Å². The maximum Gasteiger partial charge on any atom is 0.102 e. The molecule has 0 heterocycles. The van der Waals surface area contributed by atoms with Gasteiger partial charge in [-0.1, -0.05) is 12.1 Å². The van der Waals surface area contributed by atoms with Crippen LogP contribution in [0.2, 0.25) is 0 Å². The Kier molecular flexibility index (Phi) is 3.29. The van der Waals surface area contributed by atoms with Crippen molar-refractivity contribution in [3.63, 3.8) is 0 Å². The lowest BCUT2D eigenvalue weighted by atomic mass is 10.1. The Morgan fingerprint density at radius 3 is 2.27 bits per heavy atom. The number of rotatable bonds is 2. The zero-order valence-electron chi connectivity index (χ0n) is 5.87. The molecular weight excluding hydrogens is 255 g/mol. The standard InChI is InChI=1S/C8H9IO2/c9-7-3-1-6(2-4-7)8(11)5-10/h1-4,8,10-11H,5H2/t8-/m1/s1. The van der Waals surface area contributed by atoms with Crippen molar-refractivity contribution in [2.75, 3.05) is 6.61 Å². The number of halogens is 1. The zero-order chi connectivity index (χ0) is 8.27. The quantitative estimate of drug-likeness (QED) is 0.791. The maximum absolute atomic E-state index is 9.17. The Morgan fingerprint density at radius 2 is 1.82 bits per heavy atom. The molecule has 0 bridgehead atoms. The van der Waals surface area contributed by atoms with Crippen molar-refractivity contribution in [2.24, 2.45) is 0 Å². The molecule has 0 aliphatic carbocycles. The third kappa shape index (κ3) is 2.43. The van der Waals surface area contributed by atoms with E-state index in [1.807, 2.05) is 24.3 Å². The molecule has 1 aromatic rings. The Labute approximate surface area is 79.0 Å². The van der Waals surface area contributed by atoms with Gasteiger partial charge in [0.1, 0.15) is 6.10 Å². The highest BCUT2D eigenvalue weighted by molar-refractivity contribution is 14.1. The highest BCUT2D eigenvalue weighted by atomic mass is 127. The van der Waals surface area contributed by atoms with Gasteiger partial charge >= 0.3 is 0 Å². The molecule has 60 valence electrons. The summed E-state index contributed by atoms with van der Waals surface area (Å²) in [7, 11) is 0. The monoisotopic (exact) mass is 264 g/mol. The molecule has 11 heavy (non-hydrogen) atoms. The first kappa shape index (κ1) is 8.96. The van der Waals surface area contributed by atoms with Gasteiger partial charge in [-0.2, -0.15) is 0 Å². The third-order valence-electron chi connectivity index (χ3n) is 1.43. The van der Waals surface area contributed by atoms with E-state index in [1.165, 1.54) is 0 Å². The second-order valence-corrected chi connectivity index (χ2v) is 3.50. The molecule has 1 aromatic carbocycles. The summed E-state index contributed by atoms with van der Waals surface area (Å²) in [6, 6.07) is 7.41. The minimum Gasteiger partial charge on any atom is -0.393 e. The topological polar surface area (TPSA) is 40.5 Å². The van der Waals surface area contributed by atoms with Gasteiger partial charge in [0.2, 0.25) is 0 Å². The fourth-order valence-electron chi connectivity index (χ4n) is 0.790. The van der Waals surface area contributed by atoms with Crippen LogP contribution in [0.3, 0.4) is 0 Å². The van der Waals surface area contributed by atoms with Crippen molar-refractivity contribution in [1.29, 1.82) is 0 Å². The lowest BCUT2D eigenvalue weighted by Crippen LogP contribution is -2.01. The number of hydrogen-bond donors (Lipinski definition) is 2. The molecule has 0 aliphatic heterocycles. The van der Waals surface area contributed by atoms with E-state index in [-0.39, 0.29) is 6.61 Å². The molecule has 3 heteroatoms. The van der Waals surface area contributed by atoms with E-state index in [4.69, 9.17) is 10.2 Å². The zero-order valence-corrected chi connectivity index (χ0v) is 8.02. The Hall–Kier alpha value is -0.130. The highest BCUT2D eigenvalue weighted by Crippen LogP contribution is 2.13. The van der Waals surface area contributed by atoms with Crippen molar-refractivity contribution >= 4 is 22.6 Å². The van der Waals surface area contributed by atoms with E-state index < -0.39 is 6.10 Å². The van der Waals surface area contributed by atoms with Gasteiger partial charge in [0.25, 0.3) is 0 Å². The molecule has 1 atom stereocenters. The third-order valence-corrected chi connectivity index (χ3v) is 2.15. The summed E-state index contributed by atoms with van der Waals surface area (Å²) in [5.41, 5.74) is 0.757.